The Morgan fingerprint density at radius 1 is 1.04 bits per heavy atom. The lowest BCUT2D eigenvalue weighted by molar-refractivity contribution is -0.139. The highest BCUT2D eigenvalue weighted by Crippen LogP contribution is 2.11. The maximum Gasteiger partial charge on any atom is 0.408 e. The van der Waals surface area contributed by atoms with E-state index in [0.717, 1.165) is 0 Å². The van der Waals surface area contributed by atoms with Gasteiger partial charge in [-0.05, 0) is 38.8 Å². The second-order valence-corrected chi connectivity index (χ2v) is 7.71. The molecule has 1 aromatic rings. The first-order valence-corrected chi connectivity index (χ1v) is 9.41. The molecule has 0 radical (unpaired) electrons. The molecule has 0 aromatic heterocycles. The molecule has 0 spiro atoms. The Bertz CT molecular complexity index is 710. The Hall–Kier alpha value is -2.64. The Balaban J connectivity index is 1.71. The molecule has 3 amide bonds. The van der Waals surface area contributed by atoms with Gasteiger partial charge in [-0.3, -0.25) is 9.59 Å². The van der Waals surface area contributed by atoms with Crippen LogP contribution in [0.5, 0.6) is 0 Å². The third-order valence-electron chi connectivity index (χ3n) is 4.33. The van der Waals surface area contributed by atoms with Crippen molar-refractivity contribution in [2.45, 2.75) is 39.2 Å². The molecule has 154 valence electrons. The summed E-state index contributed by atoms with van der Waals surface area (Å²) < 4.78 is 18.7. The van der Waals surface area contributed by atoms with Gasteiger partial charge in [0.25, 0.3) is 0 Å². The molecular formula is C20H28FN3O4. The van der Waals surface area contributed by atoms with Gasteiger partial charge >= 0.3 is 6.09 Å². The van der Waals surface area contributed by atoms with Crippen molar-refractivity contribution in [3.63, 3.8) is 0 Å². The van der Waals surface area contributed by atoms with Crippen LogP contribution in [0.4, 0.5) is 9.18 Å². The van der Waals surface area contributed by atoms with Crippen LogP contribution >= 0.6 is 0 Å². The number of carbonyl (C=O) groups is 3. The highest BCUT2D eigenvalue weighted by Gasteiger charge is 2.25. The fourth-order valence-corrected chi connectivity index (χ4v) is 2.88. The van der Waals surface area contributed by atoms with Crippen molar-refractivity contribution >= 4 is 17.9 Å². The third kappa shape index (κ3) is 6.83. The second-order valence-electron chi connectivity index (χ2n) is 7.71. The van der Waals surface area contributed by atoms with Gasteiger partial charge in [0.1, 0.15) is 18.0 Å². The number of piperazine rings is 1. The molecule has 1 saturated heterocycles. The molecule has 1 N–H and O–H groups in total. The number of aryl methyl sites for hydroxylation is 1. The topological polar surface area (TPSA) is 79.0 Å². The number of nitrogens with one attached hydrogen (secondary N) is 1. The van der Waals surface area contributed by atoms with E-state index in [1.165, 1.54) is 6.07 Å². The Kier molecular flexibility index (Phi) is 7.37. The predicted molar refractivity (Wildman–Crippen MR) is 102 cm³/mol. The van der Waals surface area contributed by atoms with E-state index >= 15 is 0 Å². The van der Waals surface area contributed by atoms with Gasteiger partial charge in [-0.15, -0.1) is 0 Å². The predicted octanol–water partition coefficient (Wildman–Crippen LogP) is 1.95. The molecule has 8 heteroatoms. The van der Waals surface area contributed by atoms with E-state index in [9.17, 15) is 18.8 Å². The summed E-state index contributed by atoms with van der Waals surface area (Å²) in [5.74, 6) is -0.574. The SMILES string of the molecule is CC(C)(C)OC(=O)NCC(=O)N1CCN(C(=O)CCc2ccccc2F)CC1. The van der Waals surface area contributed by atoms with Crippen molar-refractivity contribution in [3.8, 4) is 0 Å². The monoisotopic (exact) mass is 393 g/mol. The Morgan fingerprint density at radius 3 is 2.18 bits per heavy atom. The first-order valence-electron chi connectivity index (χ1n) is 9.41. The van der Waals surface area contributed by atoms with Crippen LogP contribution in [-0.4, -0.2) is 66.0 Å². The first-order chi connectivity index (χ1) is 13.2. The molecule has 0 aliphatic carbocycles. The zero-order valence-corrected chi connectivity index (χ0v) is 16.7. The van der Waals surface area contributed by atoms with Gasteiger partial charge in [0.2, 0.25) is 11.8 Å². The van der Waals surface area contributed by atoms with Crippen LogP contribution in [-0.2, 0) is 20.7 Å². The van der Waals surface area contributed by atoms with Crippen LogP contribution in [0.15, 0.2) is 24.3 Å². The summed E-state index contributed by atoms with van der Waals surface area (Å²) >= 11 is 0. The Morgan fingerprint density at radius 2 is 1.61 bits per heavy atom. The standard InChI is InChI=1S/C20H28FN3O4/c1-20(2,3)28-19(27)22-14-18(26)24-12-10-23(11-13-24)17(25)9-8-15-6-4-5-7-16(15)21/h4-7H,8-14H2,1-3H3,(H,22,27). The van der Waals surface area contributed by atoms with Gasteiger partial charge in [0.15, 0.2) is 0 Å². The molecule has 0 atom stereocenters. The van der Waals surface area contributed by atoms with Gasteiger partial charge in [0.05, 0.1) is 0 Å². The number of halogens is 1. The molecule has 1 fully saturated rings. The highest BCUT2D eigenvalue weighted by molar-refractivity contribution is 5.83. The number of ether oxygens (including phenoxy) is 1. The van der Waals surface area contributed by atoms with Crippen LogP contribution in [0.2, 0.25) is 0 Å². The number of benzene rings is 1. The summed E-state index contributed by atoms with van der Waals surface area (Å²) in [6.45, 7) is 6.75. The number of nitrogens with zero attached hydrogens (tertiary/aromatic N) is 2. The van der Waals surface area contributed by atoms with E-state index in [1.54, 1.807) is 48.8 Å². The zero-order valence-electron chi connectivity index (χ0n) is 16.7. The maximum atomic E-state index is 13.6. The molecule has 1 aliphatic rings. The van der Waals surface area contributed by atoms with Gasteiger partial charge in [-0.2, -0.15) is 0 Å². The fraction of sp³-hybridized carbons (Fsp3) is 0.550. The summed E-state index contributed by atoms with van der Waals surface area (Å²) in [6, 6.07) is 6.43. The van der Waals surface area contributed by atoms with Gasteiger partial charge in [0, 0.05) is 32.6 Å². The maximum absolute atomic E-state index is 13.6. The normalized spacial score (nSPS) is 14.6. The molecule has 1 heterocycles. The number of amides is 3. The molecule has 1 aromatic carbocycles. The molecule has 0 saturated carbocycles. The molecule has 0 unspecified atom stereocenters. The summed E-state index contributed by atoms with van der Waals surface area (Å²) in [7, 11) is 0. The number of rotatable bonds is 5. The summed E-state index contributed by atoms with van der Waals surface area (Å²) in [5, 5.41) is 2.45. The Labute approximate surface area is 164 Å². The molecular weight excluding hydrogens is 365 g/mol. The summed E-state index contributed by atoms with van der Waals surface area (Å²) in [4.78, 5) is 39.4. The molecule has 1 aliphatic heterocycles. The van der Waals surface area contributed by atoms with Crippen LogP contribution in [0.3, 0.4) is 0 Å². The lowest BCUT2D eigenvalue weighted by Crippen LogP contribution is -2.52. The average molecular weight is 393 g/mol. The van der Waals surface area contributed by atoms with Crippen LogP contribution in [0.1, 0.15) is 32.8 Å². The van der Waals surface area contributed by atoms with Crippen molar-refractivity contribution in [2.24, 2.45) is 0 Å². The van der Waals surface area contributed by atoms with E-state index in [1.807, 2.05) is 0 Å². The van der Waals surface area contributed by atoms with E-state index < -0.39 is 11.7 Å². The zero-order chi connectivity index (χ0) is 20.7. The number of alkyl carbamates (subject to hydrolysis) is 1. The molecule has 28 heavy (non-hydrogen) atoms. The van der Waals surface area contributed by atoms with E-state index in [2.05, 4.69) is 5.32 Å². The van der Waals surface area contributed by atoms with Gasteiger partial charge in [-0.1, -0.05) is 18.2 Å². The van der Waals surface area contributed by atoms with E-state index in [-0.39, 0.29) is 30.6 Å². The highest BCUT2D eigenvalue weighted by atomic mass is 19.1. The van der Waals surface area contributed by atoms with Crippen LogP contribution in [0.25, 0.3) is 0 Å². The minimum absolute atomic E-state index is 0.0535. The number of hydrogen-bond acceptors (Lipinski definition) is 4. The summed E-state index contributed by atoms with van der Waals surface area (Å²) in [5.41, 5.74) is -0.0974. The van der Waals surface area contributed by atoms with E-state index in [4.69, 9.17) is 4.74 Å². The quantitative estimate of drug-likeness (QED) is 0.829. The summed E-state index contributed by atoms with van der Waals surface area (Å²) in [6.07, 6.45) is -0.0534. The number of hydrogen-bond donors (Lipinski definition) is 1. The molecule has 7 nitrogen and oxygen atoms in total. The van der Waals surface area contributed by atoms with Crippen molar-refractivity contribution in [1.82, 2.24) is 15.1 Å². The van der Waals surface area contributed by atoms with E-state index in [0.29, 0.717) is 38.2 Å². The largest absolute Gasteiger partial charge is 0.444 e. The average Bonchev–Trinajstić information content (AvgIpc) is 2.64. The lowest BCUT2D eigenvalue weighted by atomic mass is 10.1. The smallest absolute Gasteiger partial charge is 0.408 e. The minimum Gasteiger partial charge on any atom is -0.444 e. The molecule has 2 rings (SSSR count). The fourth-order valence-electron chi connectivity index (χ4n) is 2.88. The number of carbonyl (C=O) groups excluding carboxylic acids is 3. The first kappa shape index (κ1) is 21.7. The van der Waals surface area contributed by atoms with Crippen LogP contribution < -0.4 is 5.32 Å². The van der Waals surface area contributed by atoms with Gasteiger partial charge in [-0.25, -0.2) is 9.18 Å². The second kappa shape index (κ2) is 9.52. The van der Waals surface area contributed by atoms with Crippen molar-refractivity contribution in [3.05, 3.63) is 35.6 Å². The lowest BCUT2D eigenvalue weighted by Gasteiger charge is -2.35. The third-order valence-corrected chi connectivity index (χ3v) is 4.33. The minimum atomic E-state index is -0.636. The van der Waals surface area contributed by atoms with Crippen molar-refractivity contribution in [1.29, 1.82) is 0 Å². The van der Waals surface area contributed by atoms with Crippen molar-refractivity contribution < 1.29 is 23.5 Å². The van der Waals surface area contributed by atoms with Crippen LogP contribution in [0, 0.1) is 5.82 Å². The molecule has 0 bridgehead atoms. The van der Waals surface area contributed by atoms with Gasteiger partial charge < -0.3 is 19.9 Å². The van der Waals surface area contributed by atoms with Crippen molar-refractivity contribution in [2.75, 3.05) is 32.7 Å².